The summed E-state index contributed by atoms with van der Waals surface area (Å²) in [4.78, 5) is 0. The van der Waals surface area contributed by atoms with E-state index in [2.05, 4.69) is 16.5 Å². The summed E-state index contributed by atoms with van der Waals surface area (Å²) >= 11 is 1.44. The molecule has 0 aromatic rings. The molecule has 1 saturated carbocycles. The van der Waals surface area contributed by atoms with Crippen LogP contribution >= 0.6 is 12.1 Å². The molecule has 1 saturated heterocycles. The molecule has 82 valence electrons. The predicted molar refractivity (Wildman–Crippen MR) is 61.7 cm³/mol. The van der Waals surface area contributed by atoms with Crippen LogP contribution in [0.1, 0.15) is 32.6 Å². The minimum absolute atomic E-state index is 0.671. The zero-order valence-electron chi connectivity index (χ0n) is 8.96. The molecule has 4 heteroatoms. The highest BCUT2D eigenvalue weighted by Crippen LogP contribution is 2.47. The Hall–Kier alpha value is 0.230. The lowest BCUT2D eigenvalue weighted by molar-refractivity contribution is -0.00371. The smallest absolute Gasteiger partial charge is 0.0227 e. The summed E-state index contributed by atoms with van der Waals surface area (Å²) in [6.45, 7) is 5.87. The highest BCUT2D eigenvalue weighted by atomic mass is 32.2. The topological polar surface area (TPSA) is 41.3 Å². The number of nitrogens with one attached hydrogen (secondary N) is 1. The largest absolute Gasteiger partial charge is 0.316 e. The second kappa shape index (κ2) is 4.39. The first-order valence-electron chi connectivity index (χ1n) is 5.64. The predicted octanol–water partition coefficient (Wildman–Crippen LogP) is 1.36. The average molecular weight is 215 g/mol. The molecule has 3 nitrogen and oxygen atoms in total. The summed E-state index contributed by atoms with van der Waals surface area (Å²) in [7, 11) is 0. The van der Waals surface area contributed by atoms with Crippen molar-refractivity contribution in [3.05, 3.63) is 0 Å². The maximum atomic E-state index is 5.70. The molecule has 1 aliphatic carbocycles. The molecule has 1 heterocycles. The van der Waals surface area contributed by atoms with E-state index in [1.807, 2.05) is 0 Å². The Balaban J connectivity index is 1.72. The minimum Gasteiger partial charge on any atom is -0.316 e. The van der Waals surface area contributed by atoms with Gasteiger partial charge in [-0.05, 0) is 24.7 Å². The summed E-state index contributed by atoms with van der Waals surface area (Å²) in [5.41, 5.74) is 0.671. The van der Waals surface area contributed by atoms with E-state index >= 15 is 0 Å². The van der Waals surface area contributed by atoms with Crippen molar-refractivity contribution in [3.8, 4) is 0 Å². The zero-order chi connectivity index (χ0) is 10.0. The number of rotatable bonds is 5. The Kier molecular flexibility index (Phi) is 3.37. The maximum Gasteiger partial charge on any atom is 0.0227 e. The Morgan fingerprint density at radius 3 is 2.64 bits per heavy atom. The van der Waals surface area contributed by atoms with E-state index in [1.165, 1.54) is 50.9 Å². The van der Waals surface area contributed by atoms with Gasteiger partial charge in [-0.3, -0.25) is 5.14 Å². The van der Waals surface area contributed by atoms with Gasteiger partial charge < -0.3 is 5.32 Å². The number of nitrogens with two attached hydrogens (primary N) is 1. The van der Waals surface area contributed by atoms with Crippen molar-refractivity contribution in [2.75, 3.05) is 19.6 Å². The van der Waals surface area contributed by atoms with E-state index in [4.69, 9.17) is 5.14 Å². The van der Waals surface area contributed by atoms with Crippen molar-refractivity contribution < 1.29 is 0 Å². The van der Waals surface area contributed by atoms with E-state index in [-0.39, 0.29) is 0 Å². The molecule has 0 amide bonds. The van der Waals surface area contributed by atoms with Gasteiger partial charge in [0.25, 0.3) is 0 Å². The second-order valence-electron chi connectivity index (χ2n) is 4.77. The SMILES string of the molecule is CCCCN(SN)C1CC2(CNC2)C1. The van der Waals surface area contributed by atoms with Gasteiger partial charge in [0.1, 0.15) is 0 Å². The first-order valence-corrected chi connectivity index (χ1v) is 6.47. The maximum absolute atomic E-state index is 5.70. The van der Waals surface area contributed by atoms with Crippen molar-refractivity contribution in [2.45, 2.75) is 38.6 Å². The van der Waals surface area contributed by atoms with Gasteiger partial charge in [-0.2, -0.15) is 0 Å². The van der Waals surface area contributed by atoms with E-state index in [0.717, 1.165) is 12.6 Å². The van der Waals surface area contributed by atoms with Crippen LogP contribution in [0.2, 0.25) is 0 Å². The number of hydrogen-bond acceptors (Lipinski definition) is 4. The first-order chi connectivity index (χ1) is 6.79. The minimum atomic E-state index is 0.671. The van der Waals surface area contributed by atoms with Crippen LogP contribution in [0.15, 0.2) is 0 Å². The molecule has 3 N–H and O–H groups in total. The van der Waals surface area contributed by atoms with E-state index in [1.54, 1.807) is 0 Å². The first kappa shape index (κ1) is 10.7. The van der Waals surface area contributed by atoms with E-state index in [0.29, 0.717) is 5.41 Å². The third-order valence-corrected chi connectivity index (χ3v) is 4.36. The highest BCUT2D eigenvalue weighted by molar-refractivity contribution is 7.94. The van der Waals surface area contributed by atoms with Gasteiger partial charge in [-0.25, -0.2) is 4.31 Å². The lowest BCUT2D eigenvalue weighted by atomic mass is 9.61. The number of unbranched alkanes of at least 4 members (excludes halogenated alkanes) is 1. The van der Waals surface area contributed by atoms with Gasteiger partial charge >= 0.3 is 0 Å². The Labute approximate surface area is 91.1 Å². The molecular weight excluding hydrogens is 194 g/mol. The molecule has 0 aromatic heterocycles. The van der Waals surface area contributed by atoms with Gasteiger partial charge in [0.15, 0.2) is 0 Å². The zero-order valence-corrected chi connectivity index (χ0v) is 9.78. The van der Waals surface area contributed by atoms with Crippen LogP contribution in [0.4, 0.5) is 0 Å². The van der Waals surface area contributed by atoms with Gasteiger partial charge in [-0.15, -0.1) is 0 Å². The monoisotopic (exact) mass is 215 g/mol. The fraction of sp³-hybridized carbons (Fsp3) is 1.00. The molecule has 2 aliphatic rings. The lowest BCUT2D eigenvalue weighted by Gasteiger charge is -2.56. The normalized spacial score (nSPS) is 25.1. The van der Waals surface area contributed by atoms with Crippen LogP contribution < -0.4 is 10.5 Å². The second-order valence-corrected chi connectivity index (χ2v) is 5.45. The van der Waals surface area contributed by atoms with Crippen LogP contribution in [-0.2, 0) is 0 Å². The van der Waals surface area contributed by atoms with Crippen LogP contribution in [0.3, 0.4) is 0 Å². The number of hydrogen-bond donors (Lipinski definition) is 2. The average Bonchev–Trinajstić information content (AvgIpc) is 2.05. The summed E-state index contributed by atoms with van der Waals surface area (Å²) in [6.07, 6.45) is 5.24. The molecule has 0 bridgehead atoms. The Morgan fingerprint density at radius 1 is 1.50 bits per heavy atom. The molecule has 2 rings (SSSR count). The van der Waals surface area contributed by atoms with Gasteiger partial charge in [0, 0.05) is 37.8 Å². The van der Waals surface area contributed by atoms with Crippen molar-refractivity contribution in [1.82, 2.24) is 9.62 Å². The van der Waals surface area contributed by atoms with E-state index in [9.17, 15) is 0 Å². The lowest BCUT2D eigenvalue weighted by Crippen LogP contribution is -2.64. The van der Waals surface area contributed by atoms with Gasteiger partial charge in [-0.1, -0.05) is 13.3 Å². The molecule has 2 fully saturated rings. The van der Waals surface area contributed by atoms with Crippen molar-refractivity contribution in [3.63, 3.8) is 0 Å². The summed E-state index contributed by atoms with van der Waals surface area (Å²) in [6, 6.07) is 0.749. The van der Waals surface area contributed by atoms with Crippen LogP contribution in [0, 0.1) is 5.41 Å². The molecule has 14 heavy (non-hydrogen) atoms. The third-order valence-electron chi connectivity index (χ3n) is 3.61. The molecule has 1 spiro atoms. The van der Waals surface area contributed by atoms with Crippen LogP contribution in [-0.4, -0.2) is 30.0 Å². The third kappa shape index (κ3) is 1.94. The van der Waals surface area contributed by atoms with Crippen LogP contribution in [0.5, 0.6) is 0 Å². The Bertz CT molecular complexity index is 186. The summed E-state index contributed by atoms with van der Waals surface area (Å²) in [5.74, 6) is 0. The molecular formula is C10H21N3S. The summed E-state index contributed by atoms with van der Waals surface area (Å²) < 4.78 is 2.38. The van der Waals surface area contributed by atoms with Gasteiger partial charge in [0.2, 0.25) is 0 Å². The fourth-order valence-corrected chi connectivity index (χ4v) is 3.10. The Morgan fingerprint density at radius 2 is 2.21 bits per heavy atom. The molecule has 0 atom stereocenters. The van der Waals surface area contributed by atoms with Crippen molar-refractivity contribution in [2.24, 2.45) is 10.6 Å². The number of nitrogens with zero attached hydrogens (tertiary/aromatic N) is 1. The molecule has 0 aromatic carbocycles. The van der Waals surface area contributed by atoms with Crippen molar-refractivity contribution in [1.29, 1.82) is 0 Å². The molecule has 0 radical (unpaired) electrons. The molecule has 0 unspecified atom stereocenters. The molecule has 1 aliphatic heterocycles. The quantitative estimate of drug-likeness (QED) is 0.680. The van der Waals surface area contributed by atoms with Gasteiger partial charge in [0.05, 0.1) is 0 Å². The van der Waals surface area contributed by atoms with E-state index < -0.39 is 0 Å². The fourth-order valence-electron chi connectivity index (χ4n) is 2.55. The standard InChI is InChI=1S/C10H21N3S/c1-2-3-4-13(14-11)9-5-10(6-9)7-12-8-10/h9,12H,2-8,11H2,1H3. The summed E-state index contributed by atoms with van der Waals surface area (Å²) in [5, 5.41) is 9.07. The van der Waals surface area contributed by atoms with Crippen LogP contribution in [0.25, 0.3) is 0 Å². The van der Waals surface area contributed by atoms with Crippen molar-refractivity contribution >= 4 is 12.1 Å². The highest BCUT2D eigenvalue weighted by Gasteiger charge is 2.50.